The first-order valence-electron chi connectivity index (χ1n) is 8.54. The van der Waals surface area contributed by atoms with Crippen molar-refractivity contribution < 1.29 is 9.47 Å². The van der Waals surface area contributed by atoms with E-state index in [2.05, 4.69) is 50.1 Å². The van der Waals surface area contributed by atoms with Crippen molar-refractivity contribution in [2.45, 2.75) is 32.7 Å². The minimum absolute atomic E-state index is 0.408. The van der Waals surface area contributed by atoms with E-state index in [1.807, 2.05) is 6.07 Å². The van der Waals surface area contributed by atoms with Gasteiger partial charge in [0, 0.05) is 12.6 Å². The number of benzene rings is 2. The van der Waals surface area contributed by atoms with Crippen LogP contribution in [-0.2, 0) is 12.8 Å². The largest absolute Gasteiger partial charge is 0.493 e. The van der Waals surface area contributed by atoms with Gasteiger partial charge in [0.25, 0.3) is 0 Å². The van der Waals surface area contributed by atoms with Crippen LogP contribution in [0.2, 0.25) is 0 Å². The van der Waals surface area contributed by atoms with Crippen LogP contribution in [-0.4, -0.2) is 32.7 Å². The summed E-state index contributed by atoms with van der Waals surface area (Å²) >= 11 is 0. The number of likely N-dealkylation sites (N-methyl/N-ethyl adjacent to an activating group) is 1. The molecule has 1 aliphatic rings. The fraction of sp³-hybridized carbons (Fsp3) is 0.429. The first-order valence-corrected chi connectivity index (χ1v) is 8.54. The molecule has 0 unspecified atom stereocenters. The first-order chi connectivity index (χ1) is 11.5. The highest BCUT2D eigenvalue weighted by molar-refractivity contribution is 5.45. The lowest BCUT2D eigenvalue weighted by Crippen LogP contribution is -2.33. The molecule has 1 aliphatic heterocycles. The van der Waals surface area contributed by atoms with Gasteiger partial charge in [-0.05, 0) is 73.7 Å². The van der Waals surface area contributed by atoms with Gasteiger partial charge in [0.15, 0.2) is 11.5 Å². The molecule has 1 heterocycles. The van der Waals surface area contributed by atoms with Gasteiger partial charge in [-0.1, -0.05) is 18.2 Å². The predicted molar refractivity (Wildman–Crippen MR) is 98.2 cm³/mol. The number of aryl methyl sites for hydroxylation is 2. The minimum atomic E-state index is 0.408. The third-order valence-corrected chi connectivity index (χ3v) is 5.26. The Morgan fingerprint density at radius 2 is 1.71 bits per heavy atom. The SMILES string of the molecule is COc1ccc(C[C@@H]2c3cc(C)c(C)cc3CCN2C)cc1OC. The molecule has 0 radical (unpaired) electrons. The number of ether oxygens (including phenoxy) is 2. The molecule has 3 rings (SSSR count). The van der Waals surface area contributed by atoms with E-state index >= 15 is 0 Å². The van der Waals surface area contributed by atoms with Crippen LogP contribution in [0.5, 0.6) is 11.5 Å². The zero-order valence-electron chi connectivity index (χ0n) is 15.3. The lowest BCUT2D eigenvalue weighted by atomic mass is 9.86. The molecular weight excluding hydrogens is 298 g/mol. The maximum atomic E-state index is 5.46. The van der Waals surface area contributed by atoms with Gasteiger partial charge in [0.2, 0.25) is 0 Å². The van der Waals surface area contributed by atoms with Gasteiger partial charge >= 0.3 is 0 Å². The van der Waals surface area contributed by atoms with E-state index in [1.165, 1.54) is 27.8 Å². The van der Waals surface area contributed by atoms with Gasteiger partial charge in [0.1, 0.15) is 0 Å². The molecule has 0 bridgehead atoms. The van der Waals surface area contributed by atoms with Crippen molar-refractivity contribution >= 4 is 0 Å². The Morgan fingerprint density at radius 3 is 2.42 bits per heavy atom. The molecule has 2 aromatic rings. The van der Waals surface area contributed by atoms with Crippen molar-refractivity contribution in [2.24, 2.45) is 0 Å². The highest BCUT2D eigenvalue weighted by Gasteiger charge is 2.25. The summed E-state index contributed by atoms with van der Waals surface area (Å²) in [5, 5.41) is 0. The van der Waals surface area contributed by atoms with Gasteiger partial charge in [-0.25, -0.2) is 0 Å². The number of nitrogens with zero attached hydrogens (tertiary/aromatic N) is 1. The van der Waals surface area contributed by atoms with E-state index in [4.69, 9.17) is 9.47 Å². The first kappa shape index (κ1) is 16.8. The smallest absolute Gasteiger partial charge is 0.160 e. The Morgan fingerprint density at radius 1 is 1.00 bits per heavy atom. The summed E-state index contributed by atoms with van der Waals surface area (Å²) in [6.45, 7) is 5.52. The summed E-state index contributed by atoms with van der Waals surface area (Å²) in [4.78, 5) is 2.47. The van der Waals surface area contributed by atoms with Crippen LogP contribution in [0.15, 0.2) is 30.3 Å². The number of rotatable bonds is 4. The average molecular weight is 325 g/mol. The summed E-state index contributed by atoms with van der Waals surface area (Å²) in [6, 6.07) is 11.4. The summed E-state index contributed by atoms with van der Waals surface area (Å²) in [5.41, 5.74) is 7.02. The molecule has 0 aromatic heterocycles. The fourth-order valence-electron chi connectivity index (χ4n) is 3.61. The molecule has 3 nitrogen and oxygen atoms in total. The highest BCUT2D eigenvalue weighted by atomic mass is 16.5. The zero-order chi connectivity index (χ0) is 17.3. The van der Waals surface area contributed by atoms with E-state index in [0.717, 1.165) is 30.9 Å². The lowest BCUT2D eigenvalue weighted by molar-refractivity contribution is 0.229. The number of methoxy groups -OCH3 is 2. The van der Waals surface area contributed by atoms with E-state index in [0.29, 0.717) is 6.04 Å². The van der Waals surface area contributed by atoms with Crippen LogP contribution < -0.4 is 9.47 Å². The molecule has 24 heavy (non-hydrogen) atoms. The van der Waals surface area contributed by atoms with E-state index in [9.17, 15) is 0 Å². The monoisotopic (exact) mass is 325 g/mol. The Labute approximate surface area is 145 Å². The van der Waals surface area contributed by atoms with Crippen molar-refractivity contribution in [1.82, 2.24) is 4.90 Å². The van der Waals surface area contributed by atoms with E-state index in [-0.39, 0.29) is 0 Å². The normalized spacial score (nSPS) is 17.5. The minimum Gasteiger partial charge on any atom is -0.493 e. The summed E-state index contributed by atoms with van der Waals surface area (Å²) < 4.78 is 10.8. The second kappa shape index (κ2) is 6.86. The molecule has 0 amide bonds. The van der Waals surface area contributed by atoms with Crippen molar-refractivity contribution in [3.8, 4) is 11.5 Å². The molecule has 0 fully saturated rings. The quantitative estimate of drug-likeness (QED) is 0.845. The molecule has 1 atom stereocenters. The van der Waals surface area contributed by atoms with E-state index < -0.39 is 0 Å². The standard InChI is InChI=1S/C21H27NO2/c1-14-10-17-8-9-22(3)19(18(17)11-15(14)2)12-16-6-7-20(23-4)21(13-16)24-5/h6-7,10-11,13,19H,8-9,12H2,1-5H3/t19-/m1/s1. The molecule has 0 aliphatic carbocycles. The van der Waals surface area contributed by atoms with E-state index in [1.54, 1.807) is 14.2 Å². The van der Waals surface area contributed by atoms with Crippen LogP contribution in [0, 0.1) is 13.8 Å². The molecule has 0 saturated heterocycles. The maximum absolute atomic E-state index is 5.46. The zero-order valence-corrected chi connectivity index (χ0v) is 15.3. The van der Waals surface area contributed by atoms with Crippen molar-refractivity contribution in [2.75, 3.05) is 27.8 Å². The third-order valence-electron chi connectivity index (χ3n) is 5.26. The number of fused-ring (bicyclic) bond motifs is 1. The van der Waals surface area contributed by atoms with Gasteiger partial charge in [0.05, 0.1) is 14.2 Å². The van der Waals surface area contributed by atoms with Gasteiger partial charge in [-0.2, -0.15) is 0 Å². The summed E-state index contributed by atoms with van der Waals surface area (Å²) in [7, 11) is 5.59. The van der Waals surface area contributed by atoms with Gasteiger partial charge < -0.3 is 9.47 Å². The third kappa shape index (κ3) is 3.13. The number of hydrogen-bond acceptors (Lipinski definition) is 3. The Balaban J connectivity index is 1.94. The van der Waals surface area contributed by atoms with Crippen LogP contribution in [0.4, 0.5) is 0 Å². The fourth-order valence-corrected chi connectivity index (χ4v) is 3.61. The van der Waals surface area contributed by atoms with Crippen molar-refractivity contribution in [3.05, 3.63) is 58.1 Å². The maximum Gasteiger partial charge on any atom is 0.160 e. The number of hydrogen-bond donors (Lipinski definition) is 0. The molecular formula is C21H27NO2. The predicted octanol–water partition coefficient (Wildman–Crippen LogP) is 4.09. The lowest BCUT2D eigenvalue weighted by Gasteiger charge is -2.35. The molecule has 3 heteroatoms. The molecule has 128 valence electrons. The molecule has 0 N–H and O–H groups in total. The van der Waals surface area contributed by atoms with Crippen molar-refractivity contribution in [3.63, 3.8) is 0 Å². The highest BCUT2D eigenvalue weighted by Crippen LogP contribution is 2.35. The molecule has 0 saturated carbocycles. The van der Waals surface area contributed by atoms with Crippen LogP contribution in [0.25, 0.3) is 0 Å². The Kier molecular flexibility index (Phi) is 4.81. The van der Waals surface area contributed by atoms with Gasteiger partial charge in [-0.15, -0.1) is 0 Å². The second-order valence-electron chi connectivity index (χ2n) is 6.78. The Hall–Kier alpha value is -2.00. The van der Waals surface area contributed by atoms with Crippen LogP contribution >= 0.6 is 0 Å². The van der Waals surface area contributed by atoms with Crippen LogP contribution in [0.1, 0.15) is 33.9 Å². The van der Waals surface area contributed by atoms with Gasteiger partial charge in [-0.3, -0.25) is 4.90 Å². The van der Waals surface area contributed by atoms with Crippen LogP contribution in [0.3, 0.4) is 0 Å². The molecule has 0 spiro atoms. The average Bonchev–Trinajstić information content (AvgIpc) is 2.59. The summed E-state index contributed by atoms with van der Waals surface area (Å²) in [6.07, 6.45) is 2.11. The summed E-state index contributed by atoms with van der Waals surface area (Å²) in [5.74, 6) is 1.58. The second-order valence-corrected chi connectivity index (χ2v) is 6.78. The van der Waals surface area contributed by atoms with Crippen molar-refractivity contribution in [1.29, 1.82) is 0 Å². The topological polar surface area (TPSA) is 21.7 Å². The molecule has 2 aromatic carbocycles. The Bertz CT molecular complexity index is 739.